The van der Waals surface area contributed by atoms with Crippen LogP contribution in [0.3, 0.4) is 0 Å². The SMILES string of the molecule is [O]=[Ti]=[O].[O]=[Ti]=[O].[SiH3]. The zero-order valence-corrected chi connectivity index (χ0v) is 8.76. The van der Waals surface area contributed by atoms with Gasteiger partial charge in [0.25, 0.3) is 0 Å². The predicted octanol–water partition coefficient (Wildman–Crippen LogP) is -1.66. The van der Waals surface area contributed by atoms with E-state index < -0.39 is 38.2 Å². The van der Waals surface area contributed by atoms with Gasteiger partial charge in [-0.25, -0.2) is 0 Å². The van der Waals surface area contributed by atoms with E-state index >= 15 is 0 Å². The molecule has 0 spiro atoms. The first-order valence-electron chi connectivity index (χ1n) is 0.816. The van der Waals surface area contributed by atoms with Crippen LogP contribution >= 0.6 is 0 Å². The van der Waals surface area contributed by atoms with Gasteiger partial charge < -0.3 is 0 Å². The largest absolute Gasteiger partial charge is 0.0125 e. The Kier molecular flexibility index (Phi) is 64.6. The minimum absolute atomic E-state index is 0. The van der Waals surface area contributed by atoms with Gasteiger partial charge in [-0.1, -0.05) is 0 Å². The van der Waals surface area contributed by atoms with E-state index in [4.69, 9.17) is 13.3 Å². The number of hydrogen-bond acceptors (Lipinski definition) is 4. The quantitative estimate of drug-likeness (QED) is 0.429. The summed E-state index contributed by atoms with van der Waals surface area (Å²) in [6.45, 7) is 0. The van der Waals surface area contributed by atoms with Crippen LogP contribution in [0.1, 0.15) is 0 Å². The molecule has 7 heteroatoms. The summed E-state index contributed by atoms with van der Waals surface area (Å²) < 4.78 is 34.0. The smallest absolute Gasteiger partial charge is 0.0125 e. The molecule has 0 fully saturated rings. The van der Waals surface area contributed by atoms with Gasteiger partial charge in [0.15, 0.2) is 0 Å². The van der Waals surface area contributed by atoms with Crippen molar-refractivity contribution in [3.63, 3.8) is 0 Å². The van der Waals surface area contributed by atoms with E-state index in [-0.39, 0.29) is 11.0 Å². The van der Waals surface area contributed by atoms with Crippen LogP contribution in [0.4, 0.5) is 0 Å². The van der Waals surface area contributed by atoms with Crippen molar-refractivity contribution in [2.75, 3.05) is 0 Å². The van der Waals surface area contributed by atoms with Crippen molar-refractivity contribution in [1.82, 2.24) is 0 Å². The molecule has 0 aromatic rings. The first-order valence-corrected chi connectivity index (χ1v) is 3.37. The maximum atomic E-state index is 8.50. The molecular formula is H3O4SiTi2. The molecule has 0 aliphatic rings. The van der Waals surface area contributed by atoms with Crippen molar-refractivity contribution in [1.29, 1.82) is 0 Å². The fourth-order valence-corrected chi connectivity index (χ4v) is 0. The second kappa shape index (κ2) is 28.9. The predicted molar refractivity (Wildman–Crippen MR) is 12.7 cm³/mol. The maximum absolute atomic E-state index is 8.50. The molecule has 0 bridgehead atoms. The van der Waals surface area contributed by atoms with Gasteiger partial charge in [-0.3, -0.25) is 0 Å². The molecule has 0 saturated heterocycles. The summed E-state index contributed by atoms with van der Waals surface area (Å²) in [6, 6.07) is 0. The second-order valence-electron chi connectivity index (χ2n) is 0.167. The van der Waals surface area contributed by atoms with Gasteiger partial charge in [-0.15, -0.1) is 0 Å². The summed E-state index contributed by atoms with van der Waals surface area (Å²) in [5.41, 5.74) is 0. The molecule has 0 saturated carbocycles. The first-order chi connectivity index (χ1) is 2.83. The topological polar surface area (TPSA) is 68.3 Å². The summed E-state index contributed by atoms with van der Waals surface area (Å²) >= 11 is -4.00. The summed E-state index contributed by atoms with van der Waals surface area (Å²) in [5.74, 6) is 0. The van der Waals surface area contributed by atoms with Crippen molar-refractivity contribution in [3.05, 3.63) is 0 Å². The van der Waals surface area contributed by atoms with E-state index in [0.717, 1.165) is 0 Å². The Labute approximate surface area is 62.2 Å². The zero-order chi connectivity index (χ0) is 5.41. The Morgan fingerprint density at radius 2 is 0.714 bits per heavy atom. The molecule has 0 aliphatic carbocycles. The van der Waals surface area contributed by atoms with Crippen molar-refractivity contribution in [2.45, 2.75) is 0 Å². The van der Waals surface area contributed by atoms with Gasteiger partial charge in [0.2, 0.25) is 0 Å². The third-order valence-electron chi connectivity index (χ3n) is 0. The van der Waals surface area contributed by atoms with E-state index in [1.165, 1.54) is 0 Å². The molecule has 0 amide bonds. The molecule has 0 atom stereocenters. The van der Waals surface area contributed by atoms with Gasteiger partial charge >= 0.3 is 51.5 Å². The molecule has 0 aliphatic heterocycles. The van der Waals surface area contributed by atoms with Crippen LogP contribution in [-0.4, -0.2) is 11.0 Å². The van der Waals surface area contributed by atoms with Crippen LogP contribution in [0.2, 0.25) is 0 Å². The minimum Gasteiger partial charge on any atom is -0.0125 e. The number of hydrogen-bond donors (Lipinski definition) is 0. The van der Waals surface area contributed by atoms with E-state index in [0.29, 0.717) is 0 Å². The van der Waals surface area contributed by atoms with Gasteiger partial charge in [0.05, 0.1) is 0 Å². The fourth-order valence-electron chi connectivity index (χ4n) is 0. The molecule has 0 N–H and O–H groups in total. The van der Waals surface area contributed by atoms with Crippen LogP contribution in [0.15, 0.2) is 0 Å². The van der Waals surface area contributed by atoms with Crippen LogP contribution in [-0.2, 0) is 51.5 Å². The molecule has 1 radical (unpaired) electrons. The average molecular weight is 191 g/mol. The Morgan fingerprint density at radius 3 is 0.714 bits per heavy atom. The Balaban J connectivity index is -0.0000000400. The first kappa shape index (κ1) is 15.7. The van der Waals surface area contributed by atoms with E-state index in [9.17, 15) is 0 Å². The van der Waals surface area contributed by atoms with Crippen molar-refractivity contribution in [3.8, 4) is 0 Å². The molecule has 4 nitrogen and oxygen atoms in total. The van der Waals surface area contributed by atoms with Crippen molar-refractivity contribution in [2.24, 2.45) is 0 Å². The van der Waals surface area contributed by atoms with Crippen LogP contribution in [0, 0.1) is 0 Å². The Bertz CT molecular complexity index is 63.7. The van der Waals surface area contributed by atoms with E-state index in [1.54, 1.807) is 0 Å². The second-order valence-corrected chi connectivity index (χ2v) is 0.687. The maximum Gasteiger partial charge on any atom is -0.0125 e. The molecule has 0 rings (SSSR count). The molecule has 0 aromatic carbocycles. The van der Waals surface area contributed by atoms with Crippen molar-refractivity contribution < 1.29 is 51.5 Å². The monoisotopic (exact) mass is 191 g/mol. The average Bonchev–Trinajstić information content (AvgIpc) is 1.39. The van der Waals surface area contributed by atoms with Gasteiger partial charge in [-0.05, 0) is 11.0 Å². The van der Waals surface area contributed by atoms with Gasteiger partial charge in [0, 0.05) is 0 Å². The van der Waals surface area contributed by atoms with Crippen molar-refractivity contribution >= 4 is 11.0 Å². The molecule has 7 heavy (non-hydrogen) atoms. The molecule has 0 heterocycles. The van der Waals surface area contributed by atoms with Crippen LogP contribution < -0.4 is 0 Å². The fraction of sp³-hybridized carbons (Fsp3) is 0. The van der Waals surface area contributed by atoms with Gasteiger partial charge in [-0.2, -0.15) is 0 Å². The molecule has 39 valence electrons. The van der Waals surface area contributed by atoms with Crippen LogP contribution in [0.25, 0.3) is 0 Å². The Hall–Kier alpha value is 0.845. The summed E-state index contributed by atoms with van der Waals surface area (Å²) in [4.78, 5) is 0. The third-order valence-corrected chi connectivity index (χ3v) is 0. The molecular weight excluding hydrogens is 188 g/mol. The molecule has 0 aromatic heterocycles. The standard InChI is InChI=1S/4O.H3Si.2Ti/h;;;;1H3;;. The third kappa shape index (κ3) is 225. The van der Waals surface area contributed by atoms with Crippen LogP contribution in [0.5, 0.6) is 0 Å². The summed E-state index contributed by atoms with van der Waals surface area (Å²) in [6.07, 6.45) is 0. The number of rotatable bonds is 0. The Morgan fingerprint density at radius 1 is 0.714 bits per heavy atom. The summed E-state index contributed by atoms with van der Waals surface area (Å²) in [7, 11) is 0. The zero-order valence-electron chi connectivity index (χ0n) is 3.63. The van der Waals surface area contributed by atoms with E-state index in [1.807, 2.05) is 0 Å². The normalized spacial score (nSPS) is 2.29. The van der Waals surface area contributed by atoms with Gasteiger partial charge in [0.1, 0.15) is 0 Å². The molecule has 0 unspecified atom stereocenters. The van der Waals surface area contributed by atoms with E-state index in [2.05, 4.69) is 0 Å². The minimum atomic E-state index is -2.00. The summed E-state index contributed by atoms with van der Waals surface area (Å²) in [5, 5.41) is 0.